The summed E-state index contributed by atoms with van der Waals surface area (Å²) in [4.78, 5) is 37.9. The largest absolute Gasteiger partial charge is 0.466 e. The second-order valence-corrected chi connectivity index (χ2v) is 7.61. The molecule has 3 rings (SSSR count). The van der Waals surface area contributed by atoms with Crippen LogP contribution in [0.5, 0.6) is 0 Å². The molecule has 2 aromatic carbocycles. The third kappa shape index (κ3) is 5.51. The maximum Gasteiger partial charge on any atom is 0.333 e. The molecule has 156 valence electrons. The number of rotatable bonds is 8. The van der Waals surface area contributed by atoms with E-state index in [2.05, 4.69) is 4.74 Å². The van der Waals surface area contributed by atoms with Gasteiger partial charge in [-0.15, -0.1) is 0 Å². The molecule has 0 bridgehead atoms. The van der Waals surface area contributed by atoms with Crippen LogP contribution in [0.2, 0.25) is 0 Å². The van der Waals surface area contributed by atoms with Gasteiger partial charge >= 0.3 is 11.9 Å². The molecule has 0 aromatic heterocycles. The molecule has 1 aliphatic rings. The Hall–Kier alpha value is -3.06. The maximum atomic E-state index is 12.9. The predicted molar refractivity (Wildman–Crippen MR) is 115 cm³/mol. The minimum atomic E-state index is -0.508. The van der Waals surface area contributed by atoms with Gasteiger partial charge in [-0.3, -0.25) is 9.59 Å². The number of carbonyl (C=O) groups excluding carboxylic acids is 3. The van der Waals surface area contributed by atoms with Crippen molar-refractivity contribution >= 4 is 29.6 Å². The van der Waals surface area contributed by atoms with Crippen LogP contribution in [-0.4, -0.2) is 48.8 Å². The molecule has 1 heterocycles. The molecule has 0 unspecified atom stereocenters. The lowest BCUT2D eigenvalue weighted by Crippen LogP contribution is -2.27. The van der Waals surface area contributed by atoms with Gasteiger partial charge in [-0.2, -0.15) is 0 Å². The lowest BCUT2D eigenvalue weighted by atomic mass is 9.91. The summed E-state index contributed by atoms with van der Waals surface area (Å²) in [5.74, 6) is -1.14. The highest BCUT2D eigenvalue weighted by Crippen LogP contribution is 2.29. The van der Waals surface area contributed by atoms with Crippen molar-refractivity contribution < 1.29 is 23.9 Å². The van der Waals surface area contributed by atoms with Crippen molar-refractivity contribution in [2.45, 2.75) is 12.3 Å². The van der Waals surface area contributed by atoms with E-state index in [1.165, 1.54) is 29.8 Å². The standard InChI is InChI=1S/C23H23NO5S/c1-28-21(26)15-20-24(19(25)16-30-20)13-8-14-29-23(27)22(17-9-4-2-5-10-17)18-11-6-3-7-12-18/h2-7,9-12,15,22H,8,13-14,16H2,1H3/b20-15+. The average molecular weight is 426 g/mol. The van der Waals surface area contributed by atoms with Crippen LogP contribution in [0, 0.1) is 0 Å². The van der Waals surface area contributed by atoms with Gasteiger partial charge in [0.2, 0.25) is 5.91 Å². The lowest BCUT2D eigenvalue weighted by Gasteiger charge is -2.19. The summed E-state index contributed by atoms with van der Waals surface area (Å²) in [5, 5.41) is 0.560. The van der Waals surface area contributed by atoms with Gasteiger partial charge in [0.05, 0.1) is 30.6 Å². The average Bonchev–Trinajstić information content (AvgIpc) is 3.12. The minimum absolute atomic E-state index is 0.0760. The molecule has 0 spiro atoms. The molecule has 7 heteroatoms. The van der Waals surface area contributed by atoms with Crippen molar-refractivity contribution in [3.63, 3.8) is 0 Å². The predicted octanol–water partition coefficient (Wildman–Crippen LogP) is 3.34. The first kappa shape index (κ1) is 21.6. The highest BCUT2D eigenvalue weighted by molar-refractivity contribution is 8.04. The fourth-order valence-corrected chi connectivity index (χ4v) is 4.12. The topological polar surface area (TPSA) is 72.9 Å². The number of thioether (sulfide) groups is 1. The van der Waals surface area contributed by atoms with E-state index in [9.17, 15) is 14.4 Å². The minimum Gasteiger partial charge on any atom is -0.466 e. The summed E-state index contributed by atoms with van der Waals surface area (Å²) in [6, 6.07) is 19.0. The Morgan fingerprint density at radius 2 is 1.67 bits per heavy atom. The quantitative estimate of drug-likeness (QED) is 0.367. The first-order valence-corrected chi connectivity index (χ1v) is 10.6. The maximum absolute atomic E-state index is 12.9. The Morgan fingerprint density at radius 3 is 2.23 bits per heavy atom. The molecule has 30 heavy (non-hydrogen) atoms. The number of amides is 1. The third-order valence-electron chi connectivity index (χ3n) is 4.63. The van der Waals surface area contributed by atoms with E-state index in [0.717, 1.165) is 11.1 Å². The normalized spacial score (nSPS) is 14.9. The molecule has 0 radical (unpaired) electrons. The van der Waals surface area contributed by atoms with Gasteiger partial charge in [-0.25, -0.2) is 4.79 Å². The van der Waals surface area contributed by atoms with Crippen LogP contribution in [0.15, 0.2) is 71.8 Å². The molecule has 0 saturated carbocycles. The Morgan fingerprint density at radius 1 is 1.07 bits per heavy atom. The smallest absolute Gasteiger partial charge is 0.333 e. The zero-order valence-electron chi connectivity index (χ0n) is 16.7. The monoisotopic (exact) mass is 425 g/mol. The summed E-state index contributed by atoms with van der Waals surface area (Å²) in [6.45, 7) is 0.540. The van der Waals surface area contributed by atoms with E-state index < -0.39 is 11.9 Å². The zero-order valence-corrected chi connectivity index (χ0v) is 17.5. The molecular weight excluding hydrogens is 402 g/mol. The number of benzene rings is 2. The third-order valence-corrected chi connectivity index (χ3v) is 5.65. The van der Waals surface area contributed by atoms with E-state index in [0.29, 0.717) is 18.0 Å². The second-order valence-electron chi connectivity index (χ2n) is 6.62. The molecule has 2 aromatic rings. The molecule has 1 amide bonds. The van der Waals surface area contributed by atoms with Crippen molar-refractivity contribution in [2.24, 2.45) is 0 Å². The summed E-state index contributed by atoms with van der Waals surface area (Å²) in [7, 11) is 1.29. The molecule has 1 fully saturated rings. The van der Waals surface area contributed by atoms with Crippen molar-refractivity contribution in [3.05, 3.63) is 82.9 Å². The van der Waals surface area contributed by atoms with Crippen molar-refractivity contribution in [2.75, 3.05) is 26.0 Å². The molecule has 1 aliphatic heterocycles. The fourth-order valence-electron chi connectivity index (χ4n) is 3.16. The Labute approximate surface area is 179 Å². The Bertz CT molecular complexity index is 874. The van der Waals surface area contributed by atoms with E-state index >= 15 is 0 Å². The number of ether oxygens (including phenoxy) is 2. The number of hydrogen-bond acceptors (Lipinski definition) is 6. The van der Waals surface area contributed by atoms with Crippen molar-refractivity contribution in [3.8, 4) is 0 Å². The molecule has 6 nitrogen and oxygen atoms in total. The SMILES string of the molecule is COC(=O)/C=C1/SCC(=O)N1CCCOC(=O)C(c1ccccc1)c1ccccc1. The van der Waals surface area contributed by atoms with E-state index in [4.69, 9.17) is 4.74 Å². The Kier molecular flexibility index (Phi) is 7.68. The molecular formula is C23H23NO5S. The summed E-state index contributed by atoms with van der Waals surface area (Å²) in [5.41, 5.74) is 1.73. The van der Waals surface area contributed by atoms with Gasteiger partial charge in [0, 0.05) is 6.54 Å². The van der Waals surface area contributed by atoms with Crippen molar-refractivity contribution in [1.29, 1.82) is 0 Å². The number of hydrogen-bond donors (Lipinski definition) is 0. The Balaban J connectivity index is 1.60. The highest BCUT2D eigenvalue weighted by Gasteiger charge is 2.28. The zero-order chi connectivity index (χ0) is 21.3. The van der Waals surface area contributed by atoms with Gasteiger partial charge in [0.25, 0.3) is 0 Å². The first-order valence-electron chi connectivity index (χ1n) is 9.59. The van der Waals surface area contributed by atoms with Crippen LogP contribution in [0.1, 0.15) is 23.5 Å². The summed E-state index contributed by atoms with van der Waals surface area (Å²) in [6.07, 6.45) is 1.77. The number of nitrogens with zero attached hydrogens (tertiary/aromatic N) is 1. The van der Waals surface area contributed by atoms with Gasteiger partial charge in [0.15, 0.2) is 0 Å². The second kappa shape index (κ2) is 10.6. The first-order chi connectivity index (χ1) is 14.6. The van der Waals surface area contributed by atoms with Crippen LogP contribution >= 0.6 is 11.8 Å². The van der Waals surface area contributed by atoms with Crippen LogP contribution in [0.3, 0.4) is 0 Å². The van der Waals surface area contributed by atoms with Gasteiger partial charge in [0.1, 0.15) is 5.92 Å². The molecule has 0 atom stereocenters. The van der Waals surface area contributed by atoms with Gasteiger partial charge in [-0.1, -0.05) is 72.4 Å². The molecule has 0 N–H and O–H groups in total. The number of methoxy groups -OCH3 is 1. The highest BCUT2D eigenvalue weighted by atomic mass is 32.2. The van der Waals surface area contributed by atoms with Crippen LogP contribution in [0.25, 0.3) is 0 Å². The number of carbonyl (C=O) groups is 3. The van der Waals surface area contributed by atoms with Crippen LogP contribution in [0.4, 0.5) is 0 Å². The number of esters is 2. The van der Waals surface area contributed by atoms with E-state index in [1.54, 1.807) is 0 Å². The van der Waals surface area contributed by atoms with Gasteiger partial charge in [-0.05, 0) is 17.5 Å². The van der Waals surface area contributed by atoms with E-state index in [-0.39, 0.29) is 24.2 Å². The van der Waals surface area contributed by atoms with E-state index in [1.807, 2.05) is 60.7 Å². The fraction of sp³-hybridized carbons (Fsp3) is 0.261. The van der Waals surface area contributed by atoms with Crippen LogP contribution in [-0.2, 0) is 23.9 Å². The summed E-state index contributed by atoms with van der Waals surface area (Å²) < 4.78 is 10.2. The lowest BCUT2D eigenvalue weighted by molar-refractivity contribution is -0.144. The van der Waals surface area contributed by atoms with Crippen molar-refractivity contribution in [1.82, 2.24) is 4.90 Å². The molecule has 1 saturated heterocycles. The van der Waals surface area contributed by atoms with Gasteiger partial charge < -0.3 is 14.4 Å². The summed E-state index contributed by atoms with van der Waals surface area (Å²) >= 11 is 1.29. The van der Waals surface area contributed by atoms with Crippen LogP contribution < -0.4 is 0 Å². The molecule has 0 aliphatic carbocycles.